The molecule has 0 aliphatic carbocycles. The number of ether oxygens (including phenoxy) is 3. The summed E-state index contributed by atoms with van der Waals surface area (Å²) >= 11 is 0. The molecule has 5 atom stereocenters. The molecule has 0 radical (unpaired) electrons. The van der Waals surface area contributed by atoms with E-state index >= 15 is 0 Å². The van der Waals surface area contributed by atoms with E-state index in [2.05, 4.69) is 0 Å². The number of hydrogen-bond donors (Lipinski definition) is 5. The molecule has 3 rings (SSSR count). The highest BCUT2D eigenvalue weighted by Gasteiger charge is 2.44. The average Bonchev–Trinajstić information content (AvgIpc) is 2.65. The Labute approximate surface area is 152 Å². The standard InChI is InChI=1S/C17H20O10/c1-2-24-15-11(19)8-4-3-7(5-9(8)26-16(15)23)25-17-14(22)13(21)12(20)10(6-18)27-17/h3-5,10,12-14,17-22H,2,6H2,1H3/t10-,12-,13+,14-,17?/m1/s1. The van der Waals surface area contributed by atoms with Gasteiger partial charge in [0.1, 0.15) is 35.7 Å². The number of rotatable bonds is 5. The van der Waals surface area contributed by atoms with Gasteiger partial charge in [0.25, 0.3) is 0 Å². The summed E-state index contributed by atoms with van der Waals surface area (Å²) in [7, 11) is 0. The Balaban J connectivity index is 1.89. The minimum Gasteiger partial charge on any atom is -0.504 e. The van der Waals surface area contributed by atoms with Crippen molar-refractivity contribution in [3.8, 4) is 17.2 Å². The Morgan fingerprint density at radius 2 is 1.89 bits per heavy atom. The van der Waals surface area contributed by atoms with Gasteiger partial charge < -0.3 is 44.2 Å². The van der Waals surface area contributed by atoms with Crippen molar-refractivity contribution >= 4 is 11.0 Å². The summed E-state index contributed by atoms with van der Waals surface area (Å²) in [5, 5.41) is 49.1. The predicted molar refractivity (Wildman–Crippen MR) is 89.7 cm³/mol. The maximum absolute atomic E-state index is 11.9. The molecule has 0 amide bonds. The number of aliphatic hydroxyl groups is 4. The molecule has 10 nitrogen and oxygen atoms in total. The largest absolute Gasteiger partial charge is 0.504 e. The summed E-state index contributed by atoms with van der Waals surface area (Å²) in [5.41, 5.74) is -0.866. The van der Waals surface area contributed by atoms with Crippen molar-refractivity contribution in [3.63, 3.8) is 0 Å². The summed E-state index contributed by atoms with van der Waals surface area (Å²) in [4.78, 5) is 11.9. The van der Waals surface area contributed by atoms with Crippen molar-refractivity contribution in [2.24, 2.45) is 0 Å². The van der Waals surface area contributed by atoms with Crippen LogP contribution < -0.4 is 15.1 Å². The first-order valence-corrected chi connectivity index (χ1v) is 8.27. The van der Waals surface area contributed by atoms with Crippen molar-refractivity contribution in [2.75, 3.05) is 13.2 Å². The molecular weight excluding hydrogens is 364 g/mol. The summed E-state index contributed by atoms with van der Waals surface area (Å²) in [6.45, 7) is 1.23. The molecule has 2 heterocycles. The molecule has 1 unspecified atom stereocenters. The van der Waals surface area contributed by atoms with E-state index in [0.29, 0.717) is 0 Å². The number of aromatic hydroxyl groups is 1. The molecule has 1 aliphatic rings. The SMILES string of the molecule is CCOc1c(O)c2ccc(OC3O[C@H](CO)[C@@H](O)[C@H](O)[C@H]3O)cc2oc1=O. The first-order chi connectivity index (χ1) is 12.9. The lowest BCUT2D eigenvalue weighted by molar-refractivity contribution is -0.277. The van der Waals surface area contributed by atoms with Gasteiger partial charge in [-0.1, -0.05) is 0 Å². The van der Waals surface area contributed by atoms with Gasteiger partial charge in [-0.2, -0.15) is 0 Å². The summed E-state index contributed by atoms with van der Waals surface area (Å²) < 4.78 is 20.9. The normalized spacial score (nSPS) is 28.3. The van der Waals surface area contributed by atoms with Crippen LogP contribution in [0.25, 0.3) is 11.0 Å². The lowest BCUT2D eigenvalue weighted by atomic mass is 9.99. The van der Waals surface area contributed by atoms with E-state index < -0.39 is 42.9 Å². The van der Waals surface area contributed by atoms with Crippen molar-refractivity contribution in [2.45, 2.75) is 37.6 Å². The molecule has 1 aliphatic heterocycles. The molecule has 10 heteroatoms. The second-order valence-electron chi connectivity index (χ2n) is 5.97. The van der Waals surface area contributed by atoms with Gasteiger partial charge in [0.15, 0.2) is 5.75 Å². The smallest absolute Gasteiger partial charge is 0.383 e. The molecular formula is C17H20O10. The quantitative estimate of drug-likeness (QED) is 0.408. The van der Waals surface area contributed by atoms with Gasteiger partial charge in [-0.3, -0.25) is 0 Å². The molecule has 1 aromatic heterocycles. The van der Waals surface area contributed by atoms with Gasteiger partial charge in [-0.25, -0.2) is 4.79 Å². The highest BCUT2D eigenvalue weighted by molar-refractivity contribution is 5.86. The zero-order chi connectivity index (χ0) is 19.7. The van der Waals surface area contributed by atoms with Gasteiger partial charge in [-0.15, -0.1) is 0 Å². The van der Waals surface area contributed by atoms with E-state index in [4.69, 9.17) is 18.6 Å². The van der Waals surface area contributed by atoms with Crippen molar-refractivity contribution in [3.05, 3.63) is 28.6 Å². The molecule has 0 bridgehead atoms. The number of fused-ring (bicyclic) bond motifs is 1. The van der Waals surface area contributed by atoms with E-state index in [-0.39, 0.29) is 34.8 Å². The van der Waals surface area contributed by atoms with Crippen LogP contribution in [0.2, 0.25) is 0 Å². The Bertz CT molecular complexity index is 861. The summed E-state index contributed by atoms with van der Waals surface area (Å²) in [6, 6.07) is 4.11. The second-order valence-corrected chi connectivity index (χ2v) is 5.97. The molecule has 0 saturated carbocycles. The molecule has 2 aromatic rings. The molecule has 27 heavy (non-hydrogen) atoms. The molecule has 5 N–H and O–H groups in total. The van der Waals surface area contributed by atoms with E-state index in [9.17, 15) is 30.3 Å². The van der Waals surface area contributed by atoms with Gasteiger partial charge >= 0.3 is 5.63 Å². The fourth-order valence-electron chi connectivity index (χ4n) is 2.79. The Kier molecular flexibility index (Phi) is 5.53. The van der Waals surface area contributed by atoms with Crippen LogP contribution in [-0.4, -0.2) is 69.5 Å². The zero-order valence-electron chi connectivity index (χ0n) is 14.3. The van der Waals surface area contributed by atoms with Crippen LogP contribution in [0.15, 0.2) is 27.4 Å². The summed E-state index contributed by atoms with van der Waals surface area (Å²) in [5.74, 6) is -0.575. The topological polar surface area (TPSA) is 159 Å². The fourth-order valence-corrected chi connectivity index (χ4v) is 2.79. The predicted octanol–water partition coefficient (Wildman–Crippen LogP) is -0.924. The average molecular weight is 384 g/mol. The second kappa shape index (κ2) is 7.71. The van der Waals surface area contributed by atoms with Crippen LogP contribution in [0.1, 0.15) is 6.92 Å². The lowest BCUT2D eigenvalue weighted by Gasteiger charge is -2.39. The molecule has 0 spiro atoms. The maximum atomic E-state index is 11.9. The third-order valence-corrected chi connectivity index (χ3v) is 4.20. The maximum Gasteiger partial charge on any atom is 0.383 e. The minimum atomic E-state index is -1.59. The van der Waals surface area contributed by atoms with Crippen LogP contribution in [0.5, 0.6) is 17.2 Å². The van der Waals surface area contributed by atoms with E-state index in [1.165, 1.54) is 18.2 Å². The van der Waals surface area contributed by atoms with Gasteiger partial charge in [0.2, 0.25) is 12.0 Å². The van der Waals surface area contributed by atoms with E-state index in [1.54, 1.807) is 6.92 Å². The molecule has 1 saturated heterocycles. The Hall–Kier alpha value is -2.37. The number of hydrogen-bond acceptors (Lipinski definition) is 10. The fraction of sp³-hybridized carbons (Fsp3) is 0.471. The molecule has 148 valence electrons. The van der Waals surface area contributed by atoms with Crippen LogP contribution in [0.3, 0.4) is 0 Å². The van der Waals surface area contributed by atoms with Crippen LogP contribution in [-0.2, 0) is 4.74 Å². The zero-order valence-corrected chi connectivity index (χ0v) is 14.3. The third-order valence-electron chi connectivity index (χ3n) is 4.20. The van der Waals surface area contributed by atoms with E-state index in [0.717, 1.165) is 0 Å². The first-order valence-electron chi connectivity index (χ1n) is 8.27. The highest BCUT2D eigenvalue weighted by atomic mass is 16.7. The Morgan fingerprint density at radius 3 is 2.56 bits per heavy atom. The lowest BCUT2D eigenvalue weighted by Crippen LogP contribution is -2.60. The number of benzene rings is 1. The first kappa shape index (κ1) is 19.4. The van der Waals surface area contributed by atoms with Crippen molar-refractivity contribution in [1.82, 2.24) is 0 Å². The number of aliphatic hydroxyl groups excluding tert-OH is 4. The minimum absolute atomic E-state index is 0.00282. The Morgan fingerprint density at radius 1 is 1.15 bits per heavy atom. The van der Waals surface area contributed by atoms with Crippen LogP contribution in [0, 0.1) is 0 Å². The van der Waals surface area contributed by atoms with E-state index in [1.807, 2.05) is 0 Å². The van der Waals surface area contributed by atoms with Gasteiger partial charge in [0, 0.05) is 6.07 Å². The van der Waals surface area contributed by atoms with Gasteiger partial charge in [-0.05, 0) is 19.1 Å². The van der Waals surface area contributed by atoms with Crippen LogP contribution in [0.4, 0.5) is 0 Å². The monoisotopic (exact) mass is 384 g/mol. The third kappa shape index (κ3) is 3.57. The van der Waals surface area contributed by atoms with Gasteiger partial charge in [0.05, 0.1) is 18.6 Å². The summed E-state index contributed by atoms with van der Waals surface area (Å²) in [6.07, 6.45) is -7.18. The van der Waals surface area contributed by atoms with Crippen LogP contribution >= 0.6 is 0 Å². The van der Waals surface area contributed by atoms with Crippen molar-refractivity contribution < 1.29 is 44.2 Å². The molecule has 1 aromatic carbocycles. The molecule has 1 fully saturated rings. The van der Waals surface area contributed by atoms with Crippen molar-refractivity contribution in [1.29, 1.82) is 0 Å². The highest BCUT2D eigenvalue weighted by Crippen LogP contribution is 2.34.